The third-order valence-corrected chi connectivity index (χ3v) is 8.37. The summed E-state index contributed by atoms with van der Waals surface area (Å²) < 4.78 is 28.2. The molecule has 0 unspecified atom stereocenters. The van der Waals surface area contributed by atoms with Gasteiger partial charge in [-0.05, 0) is 38.5 Å². The van der Waals surface area contributed by atoms with Crippen LogP contribution < -0.4 is 0 Å². The normalized spacial score (nSPS) is 48.7. The predicted molar refractivity (Wildman–Crippen MR) is 126 cm³/mol. The van der Waals surface area contributed by atoms with Crippen molar-refractivity contribution in [3.05, 3.63) is 23.8 Å². The standard InChI is InChI=1S/C26H34O12/c1-11-10-16-26(25(7,38-26)22(32)37-16)21(36-14(4)29)19-23(5,20(31)17(30)18(11)35-13(3)28)9-8-15(24(19,6)33)34-12(2)27/h8-10,15-21,30-31,33H,1-7H3/b11-10-/t15-,16+,17-,18+,19-,20+,21+,23+,24-,25+,26+/m1/s1. The van der Waals surface area contributed by atoms with Gasteiger partial charge in [0.2, 0.25) is 0 Å². The van der Waals surface area contributed by atoms with E-state index in [0.717, 1.165) is 20.8 Å². The average Bonchev–Trinajstić information content (AvgIpc) is 3.38. The maximum Gasteiger partial charge on any atom is 0.342 e. The maximum atomic E-state index is 13.0. The number of rotatable bonds is 3. The van der Waals surface area contributed by atoms with Gasteiger partial charge in [-0.2, -0.15) is 0 Å². The Morgan fingerprint density at radius 1 is 0.974 bits per heavy atom. The number of aliphatic hydroxyl groups is 3. The molecular weight excluding hydrogens is 504 g/mol. The molecule has 38 heavy (non-hydrogen) atoms. The fourth-order valence-electron chi connectivity index (χ4n) is 6.52. The minimum atomic E-state index is -2.04. The zero-order valence-electron chi connectivity index (χ0n) is 22.3. The molecule has 3 N–H and O–H groups in total. The summed E-state index contributed by atoms with van der Waals surface area (Å²) in [5.74, 6) is -4.32. The van der Waals surface area contributed by atoms with Crippen LogP contribution in [0.3, 0.4) is 0 Å². The molecule has 0 saturated carbocycles. The molecule has 2 aliphatic carbocycles. The molecule has 4 rings (SSSR count). The molecule has 2 aliphatic heterocycles. The third-order valence-electron chi connectivity index (χ3n) is 8.37. The fraction of sp³-hybridized carbons (Fsp3) is 0.692. The zero-order valence-corrected chi connectivity index (χ0v) is 22.3. The predicted octanol–water partition coefficient (Wildman–Crippen LogP) is -0.140. The quantitative estimate of drug-likeness (QED) is 0.188. The summed E-state index contributed by atoms with van der Waals surface area (Å²) in [5.41, 5.74) is -6.67. The van der Waals surface area contributed by atoms with Crippen LogP contribution in [0.4, 0.5) is 0 Å². The van der Waals surface area contributed by atoms with Gasteiger partial charge < -0.3 is 39.0 Å². The van der Waals surface area contributed by atoms with E-state index in [1.54, 1.807) is 0 Å². The monoisotopic (exact) mass is 538 g/mol. The molecule has 0 aromatic carbocycles. The van der Waals surface area contributed by atoms with Crippen LogP contribution in [0.15, 0.2) is 23.8 Å². The Bertz CT molecular complexity index is 1130. The average molecular weight is 539 g/mol. The van der Waals surface area contributed by atoms with Crippen LogP contribution in [-0.2, 0) is 42.9 Å². The van der Waals surface area contributed by atoms with Crippen LogP contribution in [0.2, 0.25) is 0 Å². The second-order valence-corrected chi connectivity index (χ2v) is 11.1. The van der Waals surface area contributed by atoms with E-state index in [-0.39, 0.29) is 5.57 Å². The van der Waals surface area contributed by atoms with Crippen LogP contribution >= 0.6 is 0 Å². The number of ether oxygens (including phenoxy) is 5. The Balaban J connectivity index is 2.03. The van der Waals surface area contributed by atoms with Crippen LogP contribution in [0.5, 0.6) is 0 Å². The van der Waals surface area contributed by atoms with Crippen molar-refractivity contribution >= 4 is 23.9 Å². The van der Waals surface area contributed by atoms with E-state index >= 15 is 0 Å². The lowest BCUT2D eigenvalue weighted by atomic mass is 9.55. The fourth-order valence-corrected chi connectivity index (χ4v) is 6.52. The van der Waals surface area contributed by atoms with Gasteiger partial charge in [0.1, 0.15) is 23.9 Å². The number of hydrogen-bond acceptors (Lipinski definition) is 12. The molecule has 1 spiro atoms. The molecule has 2 heterocycles. The van der Waals surface area contributed by atoms with Crippen molar-refractivity contribution in [3.63, 3.8) is 0 Å². The van der Waals surface area contributed by atoms with E-state index in [1.807, 2.05) is 0 Å². The number of fused-ring (bicyclic) bond motifs is 1. The van der Waals surface area contributed by atoms with Crippen LogP contribution in [0.1, 0.15) is 48.5 Å². The molecule has 0 aromatic rings. The molecule has 210 valence electrons. The summed E-state index contributed by atoms with van der Waals surface area (Å²) >= 11 is 0. The Morgan fingerprint density at radius 3 is 2.08 bits per heavy atom. The highest BCUT2D eigenvalue weighted by Crippen LogP contribution is 2.65. The van der Waals surface area contributed by atoms with Gasteiger partial charge in [0.05, 0.1) is 6.10 Å². The molecule has 0 radical (unpaired) electrons. The summed E-state index contributed by atoms with van der Waals surface area (Å²) in [7, 11) is 0. The number of aliphatic hydroxyl groups excluding tert-OH is 2. The van der Waals surface area contributed by atoms with Crippen molar-refractivity contribution in [1.82, 2.24) is 0 Å². The molecule has 0 bridgehead atoms. The topological polar surface area (TPSA) is 178 Å². The third kappa shape index (κ3) is 3.88. The lowest BCUT2D eigenvalue weighted by Crippen LogP contribution is -2.68. The molecule has 2 fully saturated rings. The summed E-state index contributed by atoms with van der Waals surface area (Å²) in [6, 6.07) is 0. The number of carbonyl (C=O) groups is 4. The smallest absolute Gasteiger partial charge is 0.342 e. The molecule has 12 nitrogen and oxygen atoms in total. The Labute approximate surface area is 219 Å². The van der Waals surface area contributed by atoms with Gasteiger partial charge in [-0.15, -0.1) is 0 Å². The maximum absolute atomic E-state index is 13.0. The lowest BCUT2D eigenvalue weighted by molar-refractivity contribution is -0.225. The van der Waals surface area contributed by atoms with Gasteiger partial charge in [0.15, 0.2) is 23.4 Å². The van der Waals surface area contributed by atoms with Crippen molar-refractivity contribution in [3.8, 4) is 0 Å². The van der Waals surface area contributed by atoms with E-state index < -0.39 is 88.6 Å². The van der Waals surface area contributed by atoms with Gasteiger partial charge >= 0.3 is 23.9 Å². The molecule has 11 atom stereocenters. The van der Waals surface area contributed by atoms with Crippen molar-refractivity contribution in [1.29, 1.82) is 0 Å². The molecule has 0 aromatic heterocycles. The van der Waals surface area contributed by atoms with E-state index in [0.29, 0.717) is 0 Å². The van der Waals surface area contributed by atoms with Crippen molar-refractivity contribution in [2.45, 2.75) is 102 Å². The highest BCUT2D eigenvalue weighted by molar-refractivity contribution is 5.89. The van der Waals surface area contributed by atoms with Gasteiger partial charge in [0.25, 0.3) is 0 Å². The summed E-state index contributed by atoms with van der Waals surface area (Å²) in [6.07, 6.45) is -4.49. The second-order valence-electron chi connectivity index (χ2n) is 11.1. The first-order chi connectivity index (χ1) is 17.4. The van der Waals surface area contributed by atoms with Crippen LogP contribution in [0.25, 0.3) is 0 Å². The number of esters is 4. The number of carbonyl (C=O) groups excluding carboxylic acids is 4. The highest BCUT2D eigenvalue weighted by atomic mass is 16.7. The van der Waals surface area contributed by atoms with E-state index in [1.165, 1.54) is 45.9 Å². The molecule has 12 heteroatoms. The second kappa shape index (κ2) is 8.87. The van der Waals surface area contributed by atoms with Crippen LogP contribution in [-0.4, -0.2) is 92.6 Å². The Morgan fingerprint density at radius 2 is 1.55 bits per heavy atom. The summed E-state index contributed by atoms with van der Waals surface area (Å²) in [4.78, 5) is 49.3. The van der Waals surface area contributed by atoms with Crippen molar-refractivity contribution in [2.75, 3.05) is 0 Å². The number of epoxide rings is 1. The largest absolute Gasteiger partial charge is 0.459 e. The zero-order chi connectivity index (χ0) is 28.6. The lowest BCUT2D eigenvalue weighted by Gasteiger charge is -2.55. The molecule has 2 saturated heterocycles. The molecule has 0 amide bonds. The van der Waals surface area contributed by atoms with Crippen molar-refractivity contribution in [2.24, 2.45) is 11.3 Å². The Hall–Kier alpha value is -2.80. The van der Waals surface area contributed by atoms with Gasteiger partial charge in [-0.1, -0.05) is 13.0 Å². The molecular formula is C26H34O12. The van der Waals surface area contributed by atoms with Crippen LogP contribution in [0, 0.1) is 11.3 Å². The first kappa shape index (κ1) is 28.2. The first-order valence-corrected chi connectivity index (χ1v) is 12.3. The molecule has 4 aliphatic rings. The Kier molecular flexibility index (Phi) is 6.58. The van der Waals surface area contributed by atoms with E-state index in [4.69, 9.17) is 23.7 Å². The van der Waals surface area contributed by atoms with Gasteiger partial charge in [-0.3, -0.25) is 14.4 Å². The SMILES string of the molecule is CC(=O)O[C@H]1/C(C)=C\[C@@H]2OC(=O)[C@]3(C)O[C@]23[C@@H](OC(C)=O)[C@H]2[C@](C)(O)[C@H](OC(C)=O)C=C[C@]2(C)[C@@H](O)[C@@H]1O. The van der Waals surface area contributed by atoms with Gasteiger partial charge in [0, 0.05) is 32.1 Å². The van der Waals surface area contributed by atoms with Gasteiger partial charge in [-0.25, -0.2) is 4.79 Å². The number of hydrogen-bond donors (Lipinski definition) is 3. The summed E-state index contributed by atoms with van der Waals surface area (Å²) in [6.45, 7) is 9.26. The minimum Gasteiger partial charge on any atom is -0.459 e. The highest BCUT2D eigenvalue weighted by Gasteiger charge is 2.87. The van der Waals surface area contributed by atoms with E-state index in [2.05, 4.69) is 0 Å². The van der Waals surface area contributed by atoms with E-state index in [9.17, 15) is 34.5 Å². The minimum absolute atomic E-state index is 0.247. The summed E-state index contributed by atoms with van der Waals surface area (Å²) in [5, 5.41) is 35.0. The first-order valence-electron chi connectivity index (χ1n) is 12.3. The van der Waals surface area contributed by atoms with Crippen molar-refractivity contribution < 1.29 is 58.2 Å².